The first kappa shape index (κ1) is 17.2. The number of hydrogen-bond donors (Lipinski definition) is 1. The van der Waals surface area contributed by atoms with Gasteiger partial charge in [-0.1, -0.05) is 35.4 Å². The van der Waals surface area contributed by atoms with Gasteiger partial charge in [-0.2, -0.15) is 0 Å². The van der Waals surface area contributed by atoms with Gasteiger partial charge in [0, 0.05) is 0 Å². The Morgan fingerprint density at radius 1 is 1.19 bits per heavy atom. The molecule has 0 atom stereocenters. The number of carbonyl (C=O) groups is 1. The van der Waals surface area contributed by atoms with Crippen LogP contribution in [0.2, 0.25) is 0 Å². The van der Waals surface area contributed by atoms with E-state index in [1.54, 1.807) is 24.3 Å². The van der Waals surface area contributed by atoms with Gasteiger partial charge in [0.15, 0.2) is 0 Å². The molecular formula is C18H24O3. The number of rotatable bonds is 7. The highest BCUT2D eigenvalue weighted by molar-refractivity contribution is 5.91. The van der Waals surface area contributed by atoms with Crippen molar-refractivity contribution in [3.8, 4) is 0 Å². The zero-order chi connectivity index (χ0) is 15.7. The minimum atomic E-state index is -0.395. The van der Waals surface area contributed by atoms with Crippen LogP contribution in [0.3, 0.4) is 0 Å². The molecule has 114 valence electrons. The molecule has 0 aliphatic carbocycles. The summed E-state index contributed by atoms with van der Waals surface area (Å²) in [7, 11) is 0. The molecule has 1 aromatic rings. The van der Waals surface area contributed by atoms with Gasteiger partial charge in [-0.3, -0.25) is 0 Å². The quantitative estimate of drug-likeness (QED) is 0.608. The Kier molecular flexibility index (Phi) is 7.48. The van der Waals surface area contributed by atoms with E-state index in [0.29, 0.717) is 11.1 Å². The first-order valence-electron chi connectivity index (χ1n) is 7.19. The highest BCUT2D eigenvalue weighted by Gasteiger charge is 2.10. The molecule has 0 amide bonds. The molecule has 0 aliphatic rings. The Morgan fingerprint density at radius 2 is 1.90 bits per heavy atom. The van der Waals surface area contributed by atoms with Crippen LogP contribution in [-0.4, -0.2) is 17.7 Å². The van der Waals surface area contributed by atoms with Crippen molar-refractivity contribution in [3.05, 3.63) is 58.7 Å². The number of esters is 1. The fourth-order valence-corrected chi connectivity index (χ4v) is 1.89. The molecule has 1 rings (SSSR count). The van der Waals surface area contributed by atoms with Crippen molar-refractivity contribution >= 4 is 5.97 Å². The predicted octanol–water partition coefficient (Wildman–Crippen LogP) is 4.03. The fraction of sp³-hybridized carbons (Fsp3) is 0.389. The number of hydrogen-bond acceptors (Lipinski definition) is 3. The molecule has 0 fully saturated rings. The zero-order valence-electron chi connectivity index (χ0n) is 13.1. The smallest absolute Gasteiger partial charge is 0.338 e. The topological polar surface area (TPSA) is 46.5 Å². The van der Waals surface area contributed by atoms with E-state index in [0.717, 1.165) is 12.8 Å². The summed E-state index contributed by atoms with van der Waals surface area (Å²) in [6.07, 6.45) is 6.10. The van der Waals surface area contributed by atoms with Crippen molar-refractivity contribution in [2.75, 3.05) is 6.61 Å². The minimum absolute atomic E-state index is 0.164. The van der Waals surface area contributed by atoms with Gasteiger partial charge in [0.25, 0.3) is 0 Å². The largest absolute Gasteiger partial charge is 0.458 e. The molecule has 0 bridgehead atoms. The van der Waals surface area contributed by atoms with Crippen LogP contribution >= 0.6 is 0 Å². The van der Waals surface area contributed by atoms with Crippen molar-refractivity contribution in [2.45, 2.75) is 40.2 Å². The standard InChI is InChI=1S/C18H24O3/c1-14(2)7-6-8-15(3)11-12-21-18(20)17-10-5-4-9-16(17)13-19/h4-5,7,9-11,19H,6,8,12-13H2,1-3H3. The third kappa shape index (κ3) is 6.41. The van der Waals surface area contributed by atoms with Gasteiger partial charge in [0.2, 0.25) is 0 Å². The SMILES string of the molecule is CC(C)=CCCC(C)=CCOC(=O)c1ccccc1CO. The molecule has 0 aromatic heterocycles. The zero-order valence-corrected chi connectivity index (χ0v) is 13.1. The number of aliphatic hydroxyl groups excluding tert-OH is 1. The highest BCUT2D eigenvalue weighted by Crippen LogP contribution is 2.11. The van der Waals surface area contributed by atoms with Crippen molar-refractivity contribution in [3.63, 3.8) is 0 Å². The normalized spacial score (nSPS) is 11.1. The van der Waals surface area contributed by atoms with E-state index < -0.39 is 5.97 Å². The van der Waals surface area contributed by atoms with Crippen molar-refractivity contribution in [1.29, 1.82) is 0 Å². The van der Waals surface area contributed by atoms with Gasteiger partial charge in [-0.15, -0.1) is 0 Å². The Hall–Kier alpha value is -1.87. The van der Waals surface area contributed by atoms with Crippen molar-refractivity contribution in [2.24, 2.45) is 0 Å². The second kappa shape index (κ2) is 9.14. The van der Waals surface area contributed by atoms with E-state index in [1.807, 2.05) is 13.0 Å². The lowest BCUT2D eigenvalue weighted by Gasteiger charge is -2.07. The van der Waals surface area contributed by atoms with Gasteiger partial charge in [0.1, 0.15) is 6.61 Å². The molecule has 21 heavy (non-hydrogen) atoms. The lowest BCUT2D eigenvalue weighted by Crippen LogP contribution is -2.08. The van der Waals surface area contributed by atoms with E-state index in [9.17, 15) is 9.90 Å². The molecule has 3 nitrogen and oxygen atoms in total. The fourth-order valence-electron chi connectivity index (χ4n) is 1.89. The van der Waals surface area contributed by atoms with Crippen LogP contribution in [0.25, 0.3) is 0 Å². The van der Waals surface area contributed by atoms with Crippen LogP contribution in [0.4, 0.5) is 0 Å². The van der Waals surface area contributed by atoms with Gasteiger partial charge >= 0.3 is 5.97 Å². The summed E-state index contributed by atoms with van der Waals surface area (Å²) in [4.78, 5) is 11.9. The maximum atomic E-state index is 11.9. The second-order valence-corrected chi connectivity index (χ2v) is 5.28. The predicted molar refractivity (Wildman–Crippen MR) is 85.1 cm³/mol. The van der Waals surface area contributed by atoms with Gasteiger partial charge in [0.05, 0.1) is 12.2 Å². The van der Waals surface area contributed by atoms with Gasteiger partial charge in [-0.05, 0) is 51.3 Å². The van der Waals surface area contributed by atoms with Crippen molar-refractivity contribution < 1.29 is 14.6 Å². The summed E-state index contributed by atoms with van der Waals surface area (Å²) in [5.41, 5.74) is 3.54. The molecule has 0 unspecified atom stereocenters. The number of ether oxygens (including phenoxy) is 1. The molecule has 1 N–H and O–H groups in total. The Balaban J connectivity index is 2.47. The first-order valence-corrected chi connectivity index (χ1v) is 7.19. The molecule has 0 radical (unpaired) electrons. The van der Waals surface area contributed by atoms with Crippen LogP contribution in [0.5, 0.6) is 0 Å². The molecule has 0 saturated heterocycles. The molecule has 1 aromatic carbocycles. The van der Waals surface area contributed by atoms with Crippen molar-refractivity contribution in [1.82, 2.24) is 0 Å². The van der Waals surface area contributed by atoms with Crippen LogP contribution in [0, 0.1) is 0 Å². The van der Waals surface area contributed by atoms with E-state index in [4.69, 9.17) is 4.74 Å². The Morgan fingerprint density at radius 3 is 2.57 bits per heavy atom. The lowest BCUT2D eigenvalue weighted by atomic mass is 10.1. The number of benzene rings is 1. The summed E-state index contributed by atoms with van der Waals surface area (Å²) in [5, 5.41) is 9.20. The second-order valence-electron chi connectivity index (χ2n) is 5.28. The van der Waals surface area contributed by atoms with Gasteiger partial charge in [-0.25, -0.2) is 4.79 Å². The molecule has 0 saturated carbocycles. The monoisotopic (exact) mass is 288 g/mol. The minimum Gasteiger partial charge on any atom is -0.458 e. The first-order chi connectivity index (χ1) is 10.0. The number of carbonyl (C=O) groups excluding carboxylic acids is 1. The van der Waals surface area contributed by atoms with Crippen LogP contribution < -0.4 is 0 Å². The highest BCUT2D eigenvalue weighted by atomic mass is 16.5. The van der Waals surface area contributed by atoms with Gasteiger partial charge < -0.3 is 9.84 Å². The summed E-state index contributed by atoms with van der Waals surface area (Å²) < 4.78 is 5.23. The molecular weight excluding hydrogens is 264 g/mol. The van der Waals surface area contributed by atoms with Crippen LogP contribution in [-0.2, 0) is 11.3 Å². The Bertz CT molecular complexity index is 523. The van der Waals surface area contributed by atoms with E-state index in [2.05, 4.69) is 19.9 Å². The third-order valence-corrected chi connectivity index (χ3v) is 3.15. The Labute approximate surface area is 127 Å². The third-order valence-electron chi connectivity index (χ3n) is 3.15. The lowest BCUT2D eigenvalue weighted by molar-refractivity contribution is 0.0545. The van der Waals surface area contributed by atoms with E-state index >= 15 is 0 Å². The molecule has 0 aliphatic heterocycles. The maximum absolute atomic E-state index is 11.9. The van der Waals surface area contributed by atoms with Crippen LogP contribution in [0.1, 0.15) is 49.5 Å². The van der Waals surface area contributed by atoms with E-state index in [-0.39, 0.29) is 13.2 Å². The average Bonchev–Trinajstić information content (AvgIpc) is 2.46. The summed E-state index contributed by atoms with van der Waals surface area (Å²) in [6, 6.07) is 6.93. The summed E-state index contributed by atoms with van der Waals surface area (Å²) >= 11 is 0. The molecule has 0 heterocycles. The van der Waals surface area contributed by atoms with E-state index in [1.165, 1.54) is 11.1 Å². The number of allylic oxidation sites excluding steroid dienone is 3. The molecule has 0 spiro atoms. The van der Waals surface area contributed by atoms with Crippen LogP contribution in [0.15, 0.2) is 47.6 Å². The average molecular weight is 288 g/mol. The summed E-state index contributed by atoms with van der Waals surface area (Å²) in [6.45, 7) is 6.30. The maximum Gasteiger partial charge on any atom is 0.338 e. The number of aliphatic hydroxyl groups is 1. The summed E-state index contributed by atoms with van der Waals surface area (Å²) in [5.74, 6) is -0.395. The molecule has 3 heteroatoms.